The number of ether oxygens (including phenoxy) is 4. The Labute approximate surface area is 353 Å². The van der Waals surface area contributed by atoms with Gasteiger partial charge in [0.15, 0.2) is 23.6 Å². The van der Waals surface area contributed by atoms with Gasteiger partial charge in [-0.1, -0.05) is 78.9 Å². The van der Waals surface area contributed by atoms with E-state index in [2.05, 4.69) is 17.2 Å². The summed E-state index contributed by atoms with van der Waals surface area (Å²) in [5.74, 6) is -5.83. The van der Waals surface area contributed by atoms with Crippen molar-refractivity contribution < 1.29 is 57.9 Å². The lowest BCUT2D eigenvalue weighted by Crippen LogP contribution is -2.77. The van der Waals surface area contributed by atoms with Gasteiger partial charge in [0.2, 0.25) is 0 Å². The Hall–Kier alpha value is -5.96. The molecule has 3 aromatic carbocycles. The Morgan fingerprint density at radius 1 is 0.869 bits per heavy atom. The highest BCUT2D eigenvalue weighted by molar-refractivity contribution is 5.97. The maximum absolute atomic E-state index is 15.4. The van der Waals surface area contributed by atoms with Crippen LogP contribution in [0.4, 0.5) is 0 Å². The molecule has 320 valence electrons. The number of fused-ring (bicyclic) bond motifs is 4. The predicted molar refractivity (Wildman–Crippen MR) is 218 cm³/mol. The standard InChI is InChI=1S/C47H50N2O12/c1-25(2)46-23-32(48-43(56)37(53)36(29-16-10-7-11-17-29)49-42(55)30-18-12-8-13-19-30)26(3)35(46)38(59-27(4)50)40(54)45(6)33(52)22-34-47(24-58-34,61-28(5)51)39(45)41(46)60-44(57)31-20-14-9-15-21-31/h7-21,32-34,36-39,41,52-53H,1,22-24H2,2-6H3,(H,48,56)(H,49,55)/t32-,33-,34+,36-,37+,38+,39-,41-,45+,46-,47-/m0/s1. The minimum atomic E-state index is -1.88. The molecular weight excluding hydrogens is 785 g/mol. The molecule has 0 radical (unpaired) electrons. The van der Waals surface area contributed by atoms with Crippen molar-refractivity contribution in [3.63, 3.8) is 0 Å². The molecule has 1 aliphatic heterocycles. The van der Waals surface area contributed by atoms with Crippen molar-refractivity contribution in [3.05, 3.63) is 131 Å². The molecule has 2 amide bonds. The minimum absolute atomic E-state index is 0.129. The molecule has 3 aliphatic carbocycles. The van der Waals surface area contributed by atoms with Crippen LogP contribution in [0.25, 0.3) is 0 Å². The van der Waals surface area contributed by atoms with E-state index in [-0.39, 0.29) is 30.6 Å². The second kappa shape index (κ2) is 16.5. The first-order valence-corrected chi connectivity index (χ1v) is 20.2. The van der Waals surface area contributed by atoms with Gasteiger partial charge in [0.1, 0.15) is 12.2 Å². The summed E-state index contributed by atoms with van der Waals surface area (Å²) in [6.07, 6.45) is -7.65. The van der Waals surface area contributed by atoms with E-state index in [0.717, 1.165) is 6.92 Å². The molecule has 11 atom stereocenters. The zero-order chi connectivity index (χ0) is 44.0. The fourth-order valence-electron chi connectivity index (χ4n) is 10.2. The van der Waals surface area contributed by atoms with Crippen LogP contribution in [0, 0.1) is 16.7 Å². The van der Waals surface area contributed by atoms with Crippen LogP contribution in [0.15, 0.2) is 114 Å². The van der Waals surface area contributed by atoms with Gasteiger partial charge in [-0.15, -0.1) is 0 Å². The molecule has 4 N–H and O–H groups in total. The summed E-state index contributed by atoms with van der Waals surface area (Å²) in [6.45, 7) is 11.3. The molecule has 2 saturated carbocycles. The number of carbonyl (C=O) groups is 6. The second-order valence-electron chi connectivity index (χ2n) is 16.7. The molecule has 0 unspecified atom stereocenters. The molecule has 0 aromatic heterocycles. The lowest BCUT2D eigenvalue weighted by molar-refractivity contribution is -0.332. The second-order valence-corrected chi connectivity index (χ2v) is 16.7. The maximum Gasteiger partial charge on any atom is 0.338 e. The molecule has 61 heavy (non-hydrogen) atoms. The molecule has 14 heteroatoms. The first-order chi connectivity index (χ1) is 29.0. The Morgan fingerprint density at radius 3 is 2.00 bits per heavy atom. The highest BCUT2D eigenvalue weighted by Gasteiger charge is 2.78. The Bertz CT molecular complexity index is 2280. The van der Waals surface area contributed by atoms with Gasteiger partial charge >= 0.3 is 17.9 Å². The molecule has 1 saturated heterocycles. The van der Waals surface area contributed by atoms with Crippen LogP contribution in [-0.4, -0.2) is 94.5 Å². The highest BCUT2D eigenvalue weighted by Crippen LogP contribution is 2.66. The van der Waals surface area contributed by atoms with Crippen LogP contribution in [-0.2, 0) is 38.1 Å². The lowest BCUT2D eigenvalue weighted by Gasteiger charge is -2.63. The van der Waals surface area contributed by atoms with Crippen molar-refractivity contribution in [2.24, 2.45) is 16.7 Å². The lowest BCUT2D eigenvalue weighted by atomic mass is 9.50. The SMILES string of the molecule is C=C(C)[C@@]12C[C@H](NC(=O)[C@H](O)[C@@H](NC(=O)c3ccccc3)c3ccccc3)C(C)=C1[C@@H](OC(C)=O)C(=O)[C@@]1(C)[C@H]([C@@H]2OC(=O)c2ccccc2)[C@]2(OC(C)=O)CO[C@@H]2C[C@@H]1O. The quantitative estimate of drug-likeness (QED) is 0.123. The summed E-state index contributed by atoms with van der Waals surface area (Å²) in [5.41, 5.74) is -3.38. The number of hydrogen-bond acceptors (Lipinski definition) is 12. The predicted octanol–water partition coefficient (Wildman–Crippen LogP) is 4.11. The topological polar surface area (TPSA) is 204 Å². The van der Waals surface area contributed by atoms with Crippen molar-refractivity contribution in [1.82, 2.24) is 10.6 Å². The number of benzene rings is 3. The zero-order valence-corrected chi connectivity index (χ0v) is 34.6. The third-order valence-corrected chi connectivity index (χ3v) is 13.1. The summed E-state index contributed by atoms with van der Waals surface area (Å²) < 4.78 is 24.6. The van der Waals surface area contributed by atoms with Crippen molar-refractivity contribution in [2.45, 2.75) is 95.7 Å². The van der Waals surface area contributed by atoms with Crippen molar-refractivity contribution in [1.29, 1.82) is 0 Å². The smallest absolute Gasteiger partial charge is 0.338 e. The van der Waals surface area contributed by atoms with Gasteiger partial charge < -0.3 is 39.8 Å². The highest BCUT2D eigenvalue weighted by atomic mass is 16.6. The number of esters is 3. The van der Waals surface area contributed by atoms with Crippen LogP contribution in [0.3, 0.4) is 0 Å². The number of ketones is 1. The van der Waals surface area contributed by atoms with Gasteiger partial charge in [0, 0.05) is 25.8 Å². The molecule has 4 aliphatic rings. The summed E-state index contributed by atoms with van der Waals surface area (Å²) in [5, 5.41) is 29.6. The average molecular weight is 835 g/mol. The summed E-state index contributed by atoms with van der Waals surface area (Å²) >= 11 is 0. The Balaban J connectivity index is 1.37. The molecule has 7 rings (SSSR count). The van der Waals surface area contributed by atoms with E-state index < -0.39 is 100 Å². The van der Waals surface area contributed by atoms with Crippen molar-refractivity contribution in [2.75, 3.05) is 6.61 Å². The number of Topliss-reactive ketones (excluding diaryl/α,β-unsaturated/α-hetero) is 1. The monoisotopic (exact) mass is 834 g/mol. The van der Waals surface area contributed by atoms with Crippen LogP contribution in [0.5, 0.6) is 0 Å². The van der Waals surface area contributed by atoms with E-state index in [4.69, 9.17) is 18.9 Å². The molecule has 14 nitrogen and oxygen atoms in total. The van der Waals surface area contributed by atoms with E-state index in [1.807, 2.05) is 0 Å². The molecule has 1 heterocycles. The molecule has 0 bridgehead atoms. The third kappa shape index (κ3) is 7.25. The van der Waals surface area contributed by atoms with Crippen LogP contribution in [0.2, 0.25) is 0 Å². The van der Waals surface area contributed by atoms with Gasteiger partial charge in [-0.2, -0.15) is 0 Å². The van der Waals surface area contributed by atoms with Crippen LogP contribution < -0.4 is 10.6 Å². The van der Waals surface area contributed by atoms with Crippen molar-refractivity contribution in [3.8, 4) is 0 Å². The summed E-state index contributed by atoms with van der Waals surface area (Å²) in [6, 6.07) is 22.7. The number of hydrogen-bond donors (Lipinski definition) is 4. The fraction of sp³-hybridized carbons (Fsp3) is 0.404. The molecule has 0 spiro atoms. The number of carbonyl (C=O) groups excluding carboxylic acids is 6. The minimum Gasteiger partial charge on any atom is -0.457 e. The van der Waals surface area contributed by atoms with E-state index in [1.54, 1.807) is 105 Å². The van der Waals surface area contributed by atoms with E-state index in [0.29, 0.717) is 22.3 Å². The number of rotatable bonds is 11. The van der Waals surface area contributed by atoms with E-state index in [9.17, 15) is 34.2 Å². The first-order valence-electron chi connectivity index (χ1n) is 20.2. The van der Waals surface area contributed by atoms with E-state index >= 15 is 4.79 Å². The van der Waals surface area contributed by atoms with Gasteiger partial charge in [-0.3, -0.25) is 24.0 Å². The molecule has 3 aromatic rings. The summed E-state index contributed by atoms with van der Waals surface area (Å²) in [7, 11) is 0. The zero-order valence-electron chi connectivity index (χ0n) is 34.6. The number of aliphatic hydroxyl groups excluding tert-OH is 2. The number of nitrogens with one attached hydrogen (secondary N) is 2. The number of aliphatic hydroxyl groups is 2. The number of amides is 2. The largest absolute Gasteiger partial charge is 0.457 e. The molecule has 3 fully saturated rings. The first kappa shape index (κ1) is 43.1. The van der Waals surface area contributed by atoms with Gasteiger partial charge in [-0.25, -0.2) is 4.79 Å². The maximum atomic E-state index is 15.4. The Kier molecular flexibility index (Phi) is 11.7. The fourth-order valence-corrected chi connectivity index (χ4v) is 10.2. The van der Waals surface area contributed by atoms with Crippen LogP contribution in [0.1, 0.15) is 79.8 Å². The Morgan fingerprint density at radius 2 is 1.46 bits per heavy atom. The van der Waals surface area contributed by atoms with Crippen molar-refractivity contribution >= 4 is 35.5 Å². The van der Waals surface area contributed by atoms with E-state index in [1.165, 1.54) is 13.8 Å². The normalized spacial score (nSPS) is 31.0. The van der Waals surface area contributed by atoms with Gasteiger partial charge in [0.05, 0.1) is 47.1 Å². The van der Waals surface area contributed by atoms with Crippen LogP contribution >= 0.6 is 0 Å². The average Bonchev–Trinajstić information content (AvgIpc) is 3.50. The van der Waals surface area contributed by atoms with Gasteiger partial charge in [0.25, 0.3) is 11.8 Å². The third-order valence-electron chi connectivity index (χ3n) is 13.1. The van der Waals surface area contributed by atoms with Gasteiger partial charge in [-0.05, 0) is 68.2 Å². The molecular formula is C47H50N2O12. The summed E-state index contributed by atoms with van der Waals surface area (Å²) in [4.78, 5) is 83.6.